The van der Waals surface area contributed by atoms with Gasteiger partial charge in [0.1, 0.15) is 11.2 Å². The minimum absolute atomic E-state index is 0.914. The zero-order valence-electron chi connectivity index (χ0n) is 26.3. The monoisotopic (exact) mass is 613 g/mol. The Morgan fingerprint density at radius 3 is 1.58 bits per heavy atom. The third-order valence-corrected chi connectivity index (χ3v) is 9.27. The van der Waals surface area contributed by atoms with Gasteiger partial charge >= 0.3 is 0 Å². The number of benzene rings is 8. The zero-order valence-corrected chi connectivity index (χ0v) is 26.3. The number of rotatable bonds is 6. The highest BCUT2D eigenvalue weighted by atomic mass is 16.3. The standard InChI is InChI=1S/C46H31NO/c1-2-10-32(11-3-1)33-20-25-39(26-21-33)47(44-18-9-13-35-12-4-5-16-41(35)44)40-27-22-34(23-28-40)36-14-8-15-37(30-36)38-24-29-46-43(31-38)42-17-6-7-19-45(42)48-46/h1-31H. The molecule has 2 nitrogen and oxygen atoms in total. The predicted octanol–water partition coefficient (Wildman–Crippen LogP) is 13.2. The van der Waals surface area contributed by atoms with E-state index in [0.29, 0.717) is 0 Å². The van der Waals surface area contributed by atoms with Crippen LogP contribution in [0.5, 0.6) is 0 Å². The number of nitrogens with zero attached hydrogens (tertiary/aromatic N) is 1. The van der Waals surface area contributed by atoms with E-state index in [9.17, 15) is 0 Å². The van der Waals surface area contributed by atoms with Crippen molar-refractivity contribution in [1.29, 1.82) is 0 Å². The first kappa shape index (κ1) is 27.9. The molecular weight excluding hydrogens is 583 g/mol. The van der Waals surface area contributed by atoms with Gasteiger partial charge in [0.15, 0.2) is 0 Å². The number of hydrogen-bond acceptors (Lipinski definition) is 2. The van der Waals surface area contributed by atoms with Crippen LogP contribution in [0.3, 0.4) is 0 Å². The molecule has 0 atom stereocenters. The van der Waals surface area contributed by atoms with Gasteiger partial charge in [0.25, 0.3) is 0 Å². The van der Waals surface area contributed by atoms with E-state index in [-0.39, 0.29) is 0 Å². The highest BCUT2D eigenvalue weighted by Gasteiger charge is 2.16. The maximum absolute atomic E-state index is 6.08. The Labute approximate surface area is 279 Å². The normalized spacial score (nSPS) is 11.3. The van der Waals surface area contributed by atoms with Crippen molar-refractivity contribution in [1.82, 2.24) is 0 Å². The Morgan fingerprint density at radius 2 is 0.812 bits per heavy atom. The molecule has 0 bridgehead atoms. The smallest absolute Gasteiger partial charge is 0.135 e. The molecule has 0 radical (unpaired) electrons. The Hall–Kier alpha value is -6.38. The van der Waals surface area contributed by atoms with Crippen molar-refractivity contribution in [3.63, 3.8) is 0 Å². The van der Waals surface area contributed by atoms with Crippen molar-refractivity contribution in [3.8, 4) is 33.4 Å². The summed E-state index contributed by atoms with van der Waals surface area (Å²) in [5.74, 6) is 0. The number of para-hydroxylation sites is 1. The Balaban J connectivity index is 1.09. The first-order chi connectivity index (χ1) is 23.8. The van der Waals surface area contributed by atoms with Crippen LogP contribution in [0, 0.1) is 0 Å². The Bertz CT molecular complexity index is 2540. The van der Waals surface area contributed by atoms with Gasteiger partial charge in [0.2, 0.25) is 0 Å². The highest BCUT2D eigenvalue weighted by molar-refractivity contribution is 6.06. The fourth-order valence-corrected chi connectivity index (χ4v) is 6.85. The van der Waals surface area contributed by atoms with Crippen LogP contribution < -0.4 is 4.90 Å². The topological polar surface area (TPSA) is 16.4 Å². The molecule has 8 aromatic carbocycles. The summed E-state index contributed by atoms with van der Waals surface area (Å²) in [4.78, 5) is 2.36. The van der Waals surface area contributed by atoms with Crippen molar-refractivity contribution in [2.24, 2.45) is 0 Å². The van der Waals surface area contributed by atoms with Crippen LogP contribution in [-0.4, -0.2) is 0 Å². The third-order valence-electron chi connectivity index (χ3n) is 9.27. The second kappa shape index (κ2) is 11.8. The number of fused-ring (bicyclic) bond motifs is 4. The maximum Gasteiger partial charge on any atom is 0.135 e. The second-order valence-electron chi connectivity index (χ2n) is 12.2. The molecule has 0 N–H and O–H groups in total. The molecule has 0 aliphatic rings. The molecule has 0 amide bonds. The molecule has 0 aliphatic heterocycles. The first-order valence-electron chi connectivity index (χ1n) is 16.3. The van der Waals surface area contributed by atoms with Gasteiger partial charge in [-0.15, -0.1) is 0 Å². The molecule has 0 saturated carbocycles. The predicted molar refractivity (Wildman–Crippen MR) is 202 cm³/mol. The lowest BCUT2D eigenvalue weighted by atomic mass is 9.97. The summed E-state index contributed by atoms with van der Waals surface area (Å²) in [6.07, 6.45) is 0. The Morgan fingerprint density at radius 1 is 0.312 bits per heavy atom. The molecule has 1 aromatic heterocycles. The van der Waals surface area contributed by atoms with E-state index in [1.54, 1.807) is 0 Å². The van der Waals surface area contributed by atoms with Gasteiger partial charge in [-0.25, -0.2) is 0 Å². The Kier molecular flexibility index (Phi) is 6.84. The van der Waals surface area contributed by atoms with E-state index < -0.39 is 0 Å². The SMILES string of the molecule is c1ccc(-c2ccc(N(c3ccc(-c4cccc(-c5ccc6oc7ccccc7c6c5)c4)cc3)c3cccc4ccccc34)cc2)cc1. The summed E-state index contributed by atoms with van der Waals surface area (Å²) in [5.41, 5.74) is 12.3. The summed E-state index contributed by atoms with van der Waals surface area (Å²) in [6, 6.07) is 67.0. The van der Waals surface area contributed by atoms with Crippen molar-refractivity contribution >= 4 is 49.8 Å². The molecule has 9 aromatic rings. The van der Waals surface area contributed by atoms with Crippen LogP contribution in [0.1, 0.15) is 0 Å². The number of furan rings is 1. The fraction of sp³-hybridized carbons (Fsp3) is 0. The van der Waals surface area contributed by atoms with Crippen molar-refractivity contribution in [2.75, 3.05) is 4.90 Å². The summed E-state index contributed by atoms with van der Waals surface area (Å²) in [7, 11) is 0. The minimum atomic E-state index is 0.914. The molecule has 0 fully saturated rings. The highest BCUT2D eigenvalue weighted by Crippen LogP contribution is 2.40. The van der Waals surface area contributed by atoms with Crippen LogP contribution in [0.4, 0.5) is 17.1 Å². The quantitative estimate of drug-likeness (QED) is 0.185. The largest absolute Gasteiger partial charge is 0.456 e. The van der Waals surface area contributed by atoms with E-state index in [4.69, 9.17) is 4.42 Å². The average molecular weight is 614 g/mol. The molecule has 0 aliphatic carbocycles. The van der Waals surface area contributed by atoms with Crippen molar-refractivity contribution < 1.29 is 4.42 Å². The molecule has 9 rings (SSSR count). The van der Waals surface area contributed by atoms with Crippen molar-refractivity contribution in [2.45, 2.75) is 0 Å². The van der Waals surface area contributed by atoms with Gasteiger partial charge < -0.3 is 9.32 Å². The molecule has 0 unspecified atom stereocenters. The van der Waals surface area contributed by atoms with Gasteiger partial charge in [-0.2, -0.15) is 0 Å². The second-order valence-corrected chi connectivity index (χ2v) is 12.2. The summed E-state index contributed by atoms with van der Waals surface area (Å²) in [6.45, 7) is 0. The third kappa shape index (κ3) is 5.01. The van der Waals surface area contributed by atoms with E-state index in [0.717, 1.165) is 39.0 Å². The van der Waals surface area contributed by atoms with E-state index in [2.05, 4.69) is 181 Å². The van der Waals surface area contributed by atoms with Crippen LogP contribution in [0.2, 0.25) is 0 Å². The van der Waals surface area contributed by atoms with Crippen LogP contribution >= 0.6 is 0 Å². The van der Waals surface area contributed by atoms with E-state index in [1.165, 1.54) is 44.2 Å². The van der Waals surface area contributed by atoms with Crippen LogP contribution in [-0.2, 0) is 0 Å². The fourth-order valence-electron chi connectivity index (χ4n) is 6.85. The van der Waals surface area contributed by atoms with Gasteiger partial charge in [0, 0.05) is 27.5 Å². The zero-order chi connectivity index (χ0) is 31.9. The van der Waals surface area contributed by atoms with Gasteiger partial charge in [-0.05, 0) is 93.4 Å². The van der Waals surface area contributed by atoms with E-state index in [1.807, 2.05) is 12.1 Å². The summed E-state index contributed by atoms with van der Waals surface area (Å²) in [5, 5.41) is 4.72. The molecular formula is C46H31NO. The maximum atomic E-state index is 6.08. The lowest BCUT2D eigenvalue weighted by molar-refractivity contribution is 0.669. The van der Waals surface area contributed by atoms with E-state index >= 15 is 0 Å². The molecule has 0 saturated heterocycles. The lowest BCUT2D eigenvalue weighted by Gasteiger charge is -2.27. The summed E-state index contributed by atoms with van der Waals surface area (Å²) >= 11 is 0. The van der Waals surface area contributed by atoms with Crippen LogP contribution in [0.25, 0.3) is 66.1 Å². The van der Waals surface area contributed by atoms with Crippen LogP contribution in [0.15, 0.2) is 192 Å². The molecule has 2 heteroatoms. The van der Waals surface area contributed by atoms with Gasteiger partial charge in [0.05, 0.1) is 5.69 Å². The number of anilines is 3. The first-order valence-corrected chi connectivity index (χ1v) is 16.3. The lowest BCUT2D eigenvalue weighted by Crippen LogP contribution is -2.10. The molecule has 0 spiro atoms. The van der Waals surface area contributed by atoms with Gasteiger partial charge in [-0.3, -0.25) is 0 Å². The number of hydrogen-bond donors (Lipinski definition) is 0. The summed E-state index contributed by atoms with van der Waals surface area (Å²) < 4.78 is 6.08. The van der Waals surface area contributed by atoms with Crippen molar-refractivity contribution in [3.05, 3.63) is 188 Å². The minimum Gasteiger partial charge on any atom is -0.456 e. The molecule has 48 heavy (non-hydrogen) atoms. The molecule has 1 heterocycles. The van der Waals surface area contributed by atoms with Gasteiger partial charge in [-0.1, -0.05) is 133 Å². The average Bonchev–Trinajstić information content (AvgIpc) is 3.54. The molecule has 226 valence electrons.